The second kappa shape index (κ2) is 3.52. The molecular weight excluding hydrogens is 144 g/mol. The van der Waals surface area contributed by atoms with Crippen molar-refractivity contribution < 1.29 is 14.9 Å². The van der Waals surface area contributed by atoms with Crippen molar-refractivity contribution in [1.82, 2.24) is 0 Å². The summed E-state index contributed by atoms with van der Waals surface area (Å²) in [6.07, 6.45) is 0.152. The third-order valence-corrected chi connectivity index (χ3v) is 2.31. The van der Waals surface area contributed by atoms with Crippen LogP contribution in [0.25, 0.3) is 0 Å². The maximum atomic E-state index is 9.45. The summed E-state index contributed by atoms with van der Waals surface area (Å²) >= 11 is 0. The second-order valence-electron chi connectivity index (χ2n) is 3.35. The number of ether oxygens (including phenoxy) is 1. The molecule has 0 aromatic rings. The van der Waals surface area contributed by atoms with Gasteiger partial charge in [-0.25, -0.2) is 0 Å². The first kappa shape index (κ1) is 8.97. The van der Waals surface area contributed by atoms with Gasteiger partial charge in [0.1, 0.15) is 0 Å². The van der Waals surface area contributed by atoms with E-state index in [-0.39, 0.29) is 30.8 Å². The topological polar surface area (TPSA) is 49.7 Å². The first-order valence-corrected chi connectivity index (χ1v) is 4.09. The molecule has 2 unspecified atom stereocenters. The molecule has 1 fully saturated rings. The molecule has 3 heteroatoms. The van der Waals surface area contributed by atoms with Crippen LogP contribution in [0.1, 0.15) is 20.3 Å². The van der Waals surface area contributed by atoms with Gasteiger partial charge >= 0.3 is 0 Å². The molecule has 3 nitrogen and oxygen atoms in total. The minimum absolute atomic E-state index is 0.0569. The van der Waals surface area contributed by atoms with Crippen LogP contribution in [-0.2, 0) is 4.74 Å². The lowest BCUT2D eigenvalue weighted by molar-refractivity contribution is -0.144. The standard InChI is InChI=1S/C8H16O3/c1-5-3-7(4-9)11-6(2)8(5)10/h5-10H,3-4H2,1-2H3/t5-,6+,7?,8?/m1/s1. The summed E-state index contributed by atoms with van der Waals surface area (Å²) in [7, 11) is 0. The van der Waals surface area contributed by atoms with Crippen LogP contribution in [0.4, 0.5) is 0 Å². The van der Waals surface area contributed by atoms with Crippen LogP contribution in [0.2, 0.25) is 0 Å². The lowest BCUT2D eigenvalue weighted by atomic mass is 9.91. The summed E-state index contributed by atoms with van der Waals surface area (Å²) in [5.74, 6) is 0.232. The largest absolute Gasteiger partial charge is 0.394 e. The summed E-state index contributed by atoms with van der Waals surface area (Å²) in [6, 6.07) is 0. The van der Waals surface area contributed by atoms with Crippen molar-refractivity contribution in [2.45, 2.75) is 38.6 Å². The molecule has 0 aromatic carbocycles. The zero-order valence-corrected chi connectivity index (χ0v) is 7.03. The van der Waals surface area contributed by atoms with Crippen LogP contribution >= 0.6 is 0 Å². The molecule has 66 valence electrons. The Balaban J connectivity index is 2.47. The minimum atomic E-state index is -0.377. The Morgan fingerprint density at radius 2 is 2.09 bits per heavy atom. The van der Waals surface area contributed by atoms with Gasteiger partial charge in [0.15, 0.2) is 0 Å². The van der Waals surface area contributed by atoms with E-state index in [2.05, 4.69) is 0 Å². The fourth-order valence-electron chi connectivity index (χ4n) is 1.57. The number of hydrogen-bond donors (Lipinski definition) is 2. The molecule has 0 amide bonds. The van der Waals surface area contributed by atoms with E-state index in [0.29, 0.717) is 0 Å². The second-order valence-corrected chi connectivity index (χ2v) is 3.35. The lowest BCUT2D eigenvalue weighted by Gasteiger charge is -2.35. The molecule has 0 spiro atoms. The van der Waals surface area contributed by atoms with E-state index >= 15 is 0 Å². The summed E-state index contributed by atoms with van der Waals surface area (Å²) in [6.45, 7) is 3.87. The molecule has 0 bridgehead atoms. The fourth-order valence-corrected chi connectivity index (χ4v) is 1.57. The average Bonchev–Trinajstić information content (AvgIpc) is 1.99. The van der Waals surface area contributed by atoms with Gasteiger partial charge in [0.25, 0.3) is 0 Å². The van der Waals surface area contributed by atoms with E-state index in [9.17, 15) is 5.11 Å². The van der Waals surface area contributed by atoms with Gasteiger partial charge in [-0.2, -0.15) is 0 Å². The van der Waals surface area contributed by atoms with Gasteiger partial charge in [0, 0.05) is 0 Å². The Morgan fingerprint density at radius 1 is 1.45 bits per heavy atom. The highest BCUT2D eigenvalue weighted by molar-refractivity contribution is 4.80. The van der Waals surface area contributed by atoms with Crippen molar-refractivity contribution in [3.63, 3.8) is 0 Å². The molecule has 0 saturated carbocycles. The molecule has 0 radical (unpaired) electrons. The first-order valence-electron chi connectivity index (χ1n) is 4.09. The van der Waals surface area contributed by atoms with E-state index in [1.165, 1.54) is 0 Å². The van der Waals surface area contributed by atoms with Gasteiger partial charge in [-0.3, -0.25) is 0 Å². The Hall–Kier alpha value is -0.120. The SMILES string of the molecule is C[C@@H]1CC(CO)O[C@@H](C)C1O. The Morgan fingerprint density at radius 3 is 2.55 bits per heavy atom. The highest BCUT2D eigenvalue weighted by Crippen LogP contribution is 2.24. The van der Waals surface area contributed by atoms with Crippen LogP contribution in [0.3, 0.4) is 0 Å². The highest BCUT2D eigenvalue weighted by Gasteiger charge is 2.31. The van der Waals surface area contributed by atoms with Gasteiger partial charge in [0.05, 0.1) is 24.9 Å². The van der Waals surface area contributed by atoms with Gasteiger partial charge in [-0.15, -0.1) is 0 Å². The minimum Gasteiger partial charge on any atom is -0.394 e. The predicted octanol–water partition coefficient (Wildman–Crippen LogP) is 0.153. The lowest BCUT2D eigenvalue weighted by Crippen LogP contribution is -2.43. The van der Waals surface area contributed by atoms with E-state index < -0.39 is 0 Å². The quantitative estimate of drug-likeness (QED) is 0.574. The molecule has 1 heterocycles. The maximum absolute atomic E-state index is 9.45. The number of hydrogen-bond acceptors (Lipinski definition) is 3. The third-order valence-electron chi connectivity index (χ3n) is 2.31. The van der Waals surface area contributed by atoms with Gasteiger partial charge < -0.3 is 14.9 Å². The molecule has 1 rings (SSSR count). The van der Waals surface area contributed by atoms with Crippen molar-refractivity contribution in [2.75, 3.05) is 6.61 Å². The third kappa shape index (κ3) is 1.92. The molecule has 2 N–H and O–H groups in total. The summed E-state index contributed by atoms with van der Waals surface area (Å²) < 4.78 is 5.32. The van der Waals surface area contributed by atoms with Gasteiger partial charge in [-0.1, -0.05) is 6.92 Å². The fraction of sp³-hybridized carbons (Fsp3) is 1.00. The Labute approximate surface area is 67.0 Å². The molecule has 1 saturated heterocycles. The van der Waals surface area contributed by atoms with Crippen LogP contribution in [0.5, 0.6) is 0 Å². The van der Waals surface area contributed by atoms with Crippen molar-refractivity contribution in [2.24, 2.45) is 5.92 Å². The van der Waals surface area contributed by atoms with Gasteiger partial charge in [-0.05, 0) is 19.3 Å². The van der Waals surface area contributed by atoms with Crippen molar-refractivity contribution in [3.05, 3.63) is 0 Å². The van der Waals surface area contributed by atoms with E-state index in [0.717, 1.165) is 6.42 Å². The maximum Gasteiger partial charge on any atom is 0.0825 e. The van der Waals surface area contributed by atoms with Crippen LogP contribution in [0, 0.1) is 5.92 Å². The Bertz CT molecular complexity index is 115. The molecule has 4 atom stereocenters. The molecule has 0 aromatic heterocycles. The molecule has 0 aliphatic carbocycles. The normalized spacial score (nSPS) is 45.8. The zero-order chi connectivity index (χ0) is 8.43. The van der Waals surface area contributed by atoms with Crippen molar-refractivity contribution in [1.29, 1.82) is 0 Å². The van der Waals surface area contributed by atoms with Crippen molar-refractivity contribution in [3.8, 4) is 0 Å². The van der Waals surface area contributed by atoms with Gasteiger partial charge in [0.2, 0.25) is 0 Å². The molecule has 1 aliphatic rings. The first-order chi connectivity index (χ1) is 5.15. The average molecular weight is 160 g/mol. The smallest absolute Gasteiger partial charge is 0.0825 e. The van der Waals surface area contributed by atoms with E-state index in [4.69, 9.17) is 9.84 Å². The Kier molecular flexibility index (Phi) is 2.87. The molecular formula is C8H16O3. The van der Waals surface area contributed by atoms with Crippen molar-refractivity contribution >= 4 is 0 Å². The molecule has 1 aliphatic heterocycles. The number of aliphatic hydroxyl groups excluding tert-OH is 2. The van der Waals surface area contributed by atoms with E-state index in [1.54, 1.807) is 0 Å². The number of aliphatic hydroxyl groups is 2. The summed E-state index contributed by atoms with van der Waals surface area (Å²) in [5.41, 5.74) is 0. The highest BCUT2D eigenvalue weighted by atomic mass is 16.5. The summed E-state index contributed by atoms with van der Waals surface area (Å²) in [5, 5.41) is 18.3. The monoisotopic (exact) mass is 160 g/mol. The predicted molar refractivity (Wildman–Crippen MR) is 41.2 cm³/mol. The summed E-state index contributed by atoms with van der Waals surface area (Å²) in [4.78, 5) is 0. The van der Waals surface area contributed by atoms with Crippen LogP contribution < -0.4 is 0 Å². The van der Waals surface area contributed by atoms with E-state index in [1.807, 2.05) is 13.8 Å². The zero-order valence-electron chi connectivity index (χ0n) is 7.03. The molecule has 11 heavy (non-hydrogen) atoms. The van der Waals surface area contributed by atoms with Crippen LogP contribution in [-0.4, -0.2) is 35.1 Å². The van der Waals surface area contributed by atoms with Crippen LogP contribution in [0.15, 0.2) is 0 Å². The number of rotatable bonds is 1.